The van der Waals surface area contributed by atoms with Crippen molar-refractivity contribution in [2.45, 2.75) is 25.4 Å². The fourth-order valence-corrected chi connectivity index (χ4v) is 1.97. The van der Waals surface area contributed by atoms with Gasteiger partial charge in [-0.25, -0.2) is 0 Å². The molecule has 1 rings (SSSR count). The molecule has 0 aromatic heterocycles. The normalized spacial score (nSPS) is 14.1. The van der Waals surface area contributed by atoms with Crippen molar-refractivity contribution >= 4 is 0 Å². The van der Waals surface area contributed by atoms with Crippen LogP contribution in [0.25, 0.3) is 0 Å². The molecule has 0 bridgehead atoms. The molecule has 0 aliphatic heterocycles. The standard InChI is InChI=1S/C15H25NO3/c1-15(17,7-8-16-9-10-18-2)12-13-5-4-6-14(11-13)19-3/h4-6,11,16-17H,7-10,12H2,1-3H3. The Labute approximate surface area is 115 Å². The summed E-state index contributed by atoms with van der Waals surface area (Å²) in [6.07, 6.45) is 1.32. The lowest BCUT2D eigenvalue weighted by Crippen LogP contribution is -2.33. The Bertz CT molecular complexity index is 366. The third kappa shape index (κ3) is 6.57. The van der Waals surface area contributed by atoms with Crippen LogP contribution in [-0.4, -0.2) is 44.6 Å². The zero-order valence-electron chi connectivity index (χ0n) is 12.1. The molecule has 0 radical (unpaired) electrons. The molecule has 19 heavy (non-hydrogen) atoms. The van der Waals surface area contributed by atoms with E-state index in [2.05, 4.69) is 5.32 Å². The largest absolute Gasteiger partial charge is 0.497 e. The average molecular weight is 267 g/mol. The highest BCUT2D eigenvalue weighted by Gasteiger charge is 2.20. The van der Waals surface area contributed by atoms with Gasteiger partial charge in [-0.05, 0) is 37.6 Å². The summed E-state index contributed by atoms with van der Waals surface area (Å²) in [5.41, 5.74) is 0.369. The molecule has 1 unspecified atom stereocenters. The highest BCUT2D eigenvalue weighted by molar-refractivity contribution is 5.29. The van der Waals surface area contributed by atoms with Crippen LogP contribution in [0.1, 0.15) is 18.9 Å². The van der Waals surface area contributed by atoms with Crippen molar-refractivity contribution in [3.8, 4) is 5.75 Å². The molecular formula is C15H25NO3. The van der Waals surface area contributed by atoms with E-state index >= 15 is 0 Å². The molecule has 0 saturated heterocycles. The van der Waals surface area contributed by atoms with Crippen LogP contribution in [0.2, 0.25) is 0 Å². The molecule has 1 atom stereocenters. The maximum atomic E-state index is 10.4. The van der Waals surface area contributed by atoms with Gasteiger partial charge in [0.2, 0.25) is 0 Å². The fourth-order valence-electron chi connectivity index (χ4n) is 1.97. The second-order valence-electron chi connectivity index (χ2n) is 5.02. The Morgan fingerprint density at radius 2 is 2.05 bits per heavy atom. The van der Waals surface area contributed by atoms with Crippen LogP contribution in [0, 0.1) is 0 Å². The van der Waals surface area contributed by atoms with E-state index in [1.807, 2.05) is 31.2 Å². The number of aliphatic hydroxyl groups is 1. The Morgan fingerprint density at radius 3 is 2.74 bits per heavy atom. The summed E-state index contributed by atoms with van der Waals surface area (Å²) in [7, 11) is 3.33. The molecule has 0 aliphatic rings. The number of methoxy groups -OCH3 is 2. The lowest BCUT2D eigenvalue weighted by atomic mass is 9.93. The Balaban J connectivity index is 2.39. The summed E-state index contributed by atoms with van der Waals surface area (Å²) in [6, 6.07) is 7.83. The summed E-state index contributed by atoms with van der Waals surface area (Å²) in [5, 5.41) is 13.6. The van der Waals surface area contributed by atoms with E-state index in [1.54, 1.807) is 14.2 Å². The summed E-state index contributed by atoms with van der Waals surface area (Å²) in [5.74, 6) is 0.825. The van der Waals surface area contributed by atoms with Crippen molar-refractivity contribution in [1.29, 1.82) is 0 Å². The SMILES string of the molecule is COCCNCCC(C)(O)Cc1cccc(OC)c1. The predicted molar refractivity (Wildman–Crippen MR) is 76.7 cm³/mol. The lowest BCUT2D eigenvalue weighted by Gasteiger charge is -2.23. The van der Waals surface area contributed by atoms with Gasteiger partial charge < -0.3 is 19.9 Å². The van der Waals surface area contributed by atoms with Crippen molar-refractivity contribution in [3.05, 3.63) is 29.8 Å². The van der Waals surface area contributed by atoms with Crippen LogP contribution in [0.4, 0.5) is 0 Å². The van der Waals surface area contributed by atoms with E-state index in [0.29, 0.717) is 19.4 Å². The van der Waals surface area contributed by atoms with E-state index in [4.69, 9.17) is 9.47 Å². The molecule has 108 valence electrons. The minimum atomic E-state index is -0.716. The number of hydrogen-bond acceptors (Lipinski definition) is 4. The van der Waals surface area contributed by atoms with Gasteiger partial charge in [-0.1, -0.05) is 12.1 Å². The fraction of sp³-hybridized carbons (Fsp3) is 0.600. The van der Waals surface area contributed by atoms with Crippen molar-refractivity contribution in [1.82, 2.24) is 5.32 Å². The van der Waals surface area contributed by atoms with Gasteiger partial charge in [0.1, 0.15) is 5.75 Å². The monoisotopic (exact) mass is 267 g/mol. The van der Waals surface area contributed by atoms with Gasteiger partial charge in [0.15, 0.2) is 0 Å². The van der Waals surface area contributed by atoms with Gasteiger partial charge in [0.05, 0.1) is 19.3 Å². The highest BCUT2D eigenvalue weighted by atomic mass is 16.5. The summed E-state index contributed by atoms with van der Waals surface area (Å²) in [6.45, 7) is 4.15. The number of ether oxygens (including phenoxy) is 2. The van der Waals surface area contributed by atoms with E-state index in [-0.39, 0.29) is 0 Å². The van der Waals surface area contributed by atoms with Crippen LogP contribution in [-0.2, 0) is 11.2 Å². The first-order valence-corrected chi connectivity index (χ1v) is 6.62. The Kier molecular flexibility index (Phi) is 6.84. The van der Waals surface area contributed by atoms with Crippen molar-refractivity contribution in [3.63, 3.8) is 0 Å². The quantitative estimate of drug-likeness (QED) is 0.668. The third-order valence-electron chi connectivity index (χ3n) is 3.04. The molecule has 4 heteroatoms. The van der Waals surface area contributed by atoms with Gasteiger partial charge in [0, 0.05) is 20.1 Å². The lowest BCUT2D eigenvalue weighted by molar-refractivity contribution is 0.0510. The first kappa shape index (κ1) is 16.0. The van der Waals surface area contributed by atoms with Gasteiger partial charge >= 0.3 is 0 Å². The van der Waals surface area contributed by atoms with Gasteiger partial charge in [-0.2, -0.15) is 0 Å². The van der Waals surface area contributed by atoms with Gasteiger partial charge in [-0.3, -0.25) is 0 Å². The molecule has 0 spiro atoms. The molecular weight excluding hydrogens is 242 g/mol. The third-order valence-corrected chi connectivity index (χ3v) is 3.04. The second-order valence-corrected chi connectivity index (χ2v) is 5.02. The highest BCUT2D eigenvalue weighted by Crippen LogP contribution is 2.20. The van der Waals surface area contributed by atoms with Crippen LogP contribution in [0.15, 0.2) is 24.3 Å². The van der Waals surface area contributed by atoms with Crippen LogP contribution in [0.3, 0.4) is 0 Å². The first-order valence-electron chi connectivity index (χ1n) is 6.62. The zero-order chi connectivity index (χ0) is 14.1. The molecule has 2 N–H and O–H groups in total. The van der Waals surface area contributed by atoms with E-state index in [9.17, 15) is 5.11 Å². The zero-order valence-corrected chi connectivity index (χ0v) is 12.1. The molecule has 1 aromatic rings. The summed E-state index contributed by atoms with van der Waals surface area (Å²) >= 11 is 0. The van der Waals surface area contributed by atoms with E-state index < -0.39 is 5.60 Å². The van der Waals surface area contributed by atoms with E-state index in [0.717, 1.165) is 24.4 Å². The van der Waals surface area contributed by atoms with Crippen LogP contribution >= 0.6 is 0 Å². The smallest absolute Gasteiger partial charge is 0.119 e. The number of hydrogen-bond donors (Lipinski definition) is 2. The van der Waals surface area contributed by atoms with Crippen LogP contribution < -0.4 is 10.1 Å². The molecule has 0 amide bonds. The Morgan fingerprint density at radius 1 is 1.26 bits per heavy atom. The van der Waals surface area contributed by atoms with Gasteiger partial charge in [0.25, 0.3) is 0 Å². The first-order chi connectivity index (χ1) is 9.07. The summed E-state index contributed by atoms with van der Waals surface area (Å²) in [4.78, 5) is 0. The average Bonchev–Trinajstić information content (AvgIpc) is 2.38. The second kappa shape index (κ2) is 8.15. The number of nitrogens with one attached hydrogen (secondary N) is 1. The van der Waals surface area contributed by atoms with Crippen molar-refractivity contribution < 1.29 is 14.6 Å². The van der Waals surface area contributed by atoms with Crippen molar-refractivity contribution in [2.24, 2.45) is 0 Å². The summed E-state index contributed by atoms with van der Waals surface area (Å²) < 4.78 is 10.1. The maximum absolute atomic E-state index is 10.4. The molecule has 0 saturated carbocycles. The van der Waals surface area contributed by atoms with Crippen molar-refractivity contribution in [2.75, 3.05) is 33.9 Å². The van der Waals surface area contributed by atoms with Crippen LogP contribution in [0.5, 0.6) is 5.75 Å². The van der Waals surface area contributed by atoms with Gasteiger partial charge in [-0.15, -0.1) is 0 Å². The molecule has 0 heterocycles. The minimum absolute atomic E-state index is 0.621. The van der Waals surface area contributed by atoms with E-state index in [1.165, 1.54) is 0 Å². The topological polar surface area (TPSA) is 50.7 Å². The predicted octanol–water partition coefficient (Wildman–Crippen LogP) is 1.61. The number of rotatable bonds is 9. The maximum Gasteiger partial charge on any atom is 0.119 e. The minimum Gasteiger partial charge on any atom is -0.497 e. The molecule has 0 aliphatic carbocycles. The number of benzene rings is 1. The molecule has 1 aromatic carbocycles. The molecule has 4 nitrogen and oxygen atoms in total. The molecule has 0 fully saturated rings. The Hall–Kier alpha value is -1.10.